The average molecular weight is 412 g/mol. The molecule has 0 radical (unpaired) electrons. The van der Waals surface area contributed by atoms with E-state index in [0.29, 0.717) is 35.7 Å². The lowest BCUT2D eigenvalue weighted by Crippen LogP contribution is -2.33. The fourth-order valence-corrected chi connectivity index (χ4v) is 3.88. The highest BCUT2D eigenvalue weighted by atomic mass is 16.6. The van der Waals surface area contributed by atoms with E-state index >= 15 is 0 Å². The molecule has 7 heteroatoms. The van der Waals surface area contributed by atoms with Gasteiger partial charge in [0.25, 0.3) is 0 Å². The van der Waals surface area contributed by atoms with Crippen molar-refractivity contribution in [3.05, 3.63) is 59.7 Å². The standard InChI is InChI=1S/C23H24O7/c1-26-17-7-3-14(4-8-17)19(24)11-16-12-28-22-20(13-29-21(16)22)30-23(25)15-5-9-18(27-2)10-6-15/h3-10,16,20-22H,11-13H2,1-2H3/t16-,20+,21?,22?/m0/s1. The van der Waals surface area contributed by atoms with Gasteiger partial charge in [-0.1, -0.05) is 0 Å². The zero-order valence-corrected chi connectivity index (χ0v) is 16.9. The van der Waals surface area contributed by atoms with E-state index in [1.807, 2.05) is 0 Å². The number of ketones is 1. The Bertz CT molecular complexity index is 815. The number of methoxy groups -OCH3 is 2. The van der Waals surface area contributed by atoms with Crippen LogP contribution in [0.5, 0.6) is 11.5 Å². The molecule has 2 aromatic rings. The van der Waals surface area contributed by atoms with Crippen LogP contribution in [0.4, 0.5) is 0 Å². The maximum Gasteiger partial charge on any atom is 0.338 e. The summed E-state index contributed by atoms with van der Waals surface area (Å²) in [7, 11) is 3.15. The predicted octanol–water partition coefficient (Wildman–Crippen LogP) is 2.92. The van der Waals surface area contributed by atoms with Crippen LogP contribution in [0.15, 0.2) is 48.5 Å². The van der Waals surface area contributed by atoms with Crippen molar-refractivity contribution in [2.24, 2.45) is 5.92 Å². The Morgan fingerprint density at radius 3 is 2.00 bits per heavy atom. The molecule has 0 bridgehead atoms. The van der Waals surface area contributed by atoms with Gasteiger partial charge in [0.15, 0.2) is 11.9 Å². The van der Waals surface area contributed by atoms with Crippen molar-refractivity contribution in [2.75, 3.05) is 27.4 Å². The fraction of sp³-hybridized carbons (Fsp3) is 0.391. The van der Waals surface area contributed by atoms with E-state index in [1.54, 1.807) is 62.8 Å². The van der Waals surface area contributed by atoms with Gasteiger partial charge in [0, 0.05) is 17.9 Å². The summed E-state index contributed by atoms with van der Waals surface area (Å²) in [5, 5.41) is 0. The summed E-state index contributed by atoms with van der Waals surface area (Å²) in [5.74, 6) is 0.882. The normalized spacial score (nSPS) is 24.9. The second-order valence-corrected chi connectivity index (χ2v) is 7.38. The van der Waals surface area contributed by atoms with Crippen molar-refractivity contribution in [3.63, 3.8) is 0 Å². The lowest BCUT2D eigenvalue weighted by atomic mass is 9.93. The number of fused-ring (bicyclic) bond motifs is 1. The summed E-state index contributed by atoms with van der Waals surface area (Å²) >= 11 is 0. The molecule has 158 valence electrons. The Hall–Kier alpha value is -2.90. The lowest BCUT2D eigenvalue weighted by Gasteiger charge is -2.17. The zero-order valence-electron chi connectivity index (χ0n) is 16.9. The Morgan fingerprint density at radius 2 is 1.40 bits per heavy atom. The van der Waals surface area contributed by atoms with Crippen LogP contribution in [-0.2, 0) is 14.2 Å². The highest BCUT2D eigenvalue weighted by molar-refractivity contribution is 5.96. The van der Waals surface area contributed by atoms with Crippen LogP contribution < -0.4 is 9.47 Å². The second kappa shape index (κ2) is 8.85. The number of carbonyl (C=O) groups excluding carboxylic acids is 2. The number of hydrogen-bond acceptors (Lipinski definition) is 7. The first-order valence-corrected chi connectivity index (χ1v) is 9.84. The number of Topliss-reactive ketones (excluding diaryl/α,β-unsaturated/α-hetero) is 1. The van der Waals surface area contributed by atoms with E-state index < -0.39 is 12.1 Å². The molecular formula is C23H24O7. The van der Waals surface area contributed by atoms with Crippen LogP contribution in [0.2, 0.25) is 0 Å². The molecule has 0 spiro atoms. The molecule has 30 heavy (non-hydrogen) atoms. The van der Waals surface area contributed by atoms with Crippen LogP contribution in [-0.4, -0.2) is 57.5 Å². The number of esters is 1. The SMILES string of the molecule is COc1ccc(C(=O)C[C@H]2COC3C2OC[C@H]3OC(=O)c2ccc(OC)cc2)cc1. The summed E-state index contributed by atoms with van der Waals surface area (Å²) in [5.41, 5.74) is 1.06. The van der Waals surface area contributed by atoms with E-state index in [-0.39, 0.29) is 30.5 Å². The fourth-order valence-electron chi connectivity index (χ4n) is 3.88. The molecule has 2 aromatic carbocycles. The van der Waals surface area contributed by atoms with Crippen LogP contribution in [0.3, 0.4) is 0 Å². The van der Waals surface area contributed by atoms with Gasteiger partial charge in [-0.2, -0.15) is 0 Å². The molecule has 0 aromatic heterocycles. The summed E-state index contributed by atoms with van der Waals surface area (Å²) in [4.78, 5) is 25.1. The first kappa shape index (κ1) is 20.4. The quantitative estimate of drug-likeness (QED) is 0.511. The third kappa shape index (κ3) is 4.17. The first-order valence-electron chi connectivity index (χ1n) is 9.84. The van der Waals surface area contributed by atoms with Crippen LogP contribution in [0.1, 0.15) is 27.1 Å². The molecule has 4 atom stereocenters. The van der Waals surface area contributed by atoms with Crippen molar-refractivity contribution in [3.8, 4) is 11.5 Å². The Morgan fingerprint density at radius 1 is 0.833 bits per heavy atom. The molecule has 7 nitrogen and oxygen atoms in total. The minimum absolute atomic E-state index is 0.0224. The number of ether oxygens (including phenoxy) is 5. The van der Waals surface area contributed by atoms with E-state index in [2.05, 4.69) is 0 Å². The van der Waals surface area contributed by atoms with Gasteiger partial charge in [-0.3, -0.25) is 4.79 Å². The van der Waals surface area contributed by atoms with Gasteiger partial charge in [0.1, 0.15) is 17.6 Å². The minimum atomic E-state index is -0.495. The summed E-state index contributed by atoms with van der Waals surface area (Å²) < 4.78 is 27.6. The number of benzene rings is 2. The van der Waals surface area contributed by atoms with Crippen molar-refractivity contribution < 1.29 is 33.3 Å². The topological polar surface area (TPSA) is 80.3 Å². The molecule has 2 heterocycles. The highest BCUT2D eigenvalue weighted by Gasteiger charge is 2.49. The summed E-state index contributed by atoms with van der Waals surface area (Å²) in [6.07, 6.45) is -0.806. The molecule has 0 N–H and O–H groups in total. The predicted molar refractivity (Wildman–Crippen MR) is 107 cm³/mol. The minimum Gasteiger partial charge on any atom is -0.497 e. The van der Waals surface area contributed by atoms with Crippen molar-refractivity contribution in [1.82, 2.24) is 0 Å². The highest BCUT2D eigenvalue weighted by Crippen LogP contribution is 2.35. The van der Waals surface area contributed by atoms with E-state index in [0.717, 1.165) is 0 Å². The third-order valence-corrected chi connectivity index (χ3v) is 5.55. The van der Waals surface area contributed by atoms with Crippen molar-refractivity contribution in [1.29, 1.82) is 0 Å². The third-order valence-electron chi connectivity index (χ3n) is 5.55. The second-order valence-electron chi connectivity index (χ2n) is 7.38. The molecule has 2 fully saturated rings. The smallest absolute Gasteiger partial charge is 0.338 e. The van der Waals surface area contributed by atoms with Gasteiger partial charge in [-0.15, -0.1) is 0 Å². The van der Waals surface area contributed by atoms with E-state index in [1.165, 1.54) is 0 Å². The summed E-state index contributed by atoms with van der Waals surface area (Å²) in [6.45, 7) is 0.651. The maximum absolute atomic E-state index is 12.6. The first-order chi connectivity index (χ1) is 14.6. The van der Waals surface area contributed by atoms with Crippen molar-refractivity contribution >= 4 is 11.8 Å². The number of hydrogen-bond donors (Lipinski definition) is 0. The maximum atomic E-state index is 12.6. The monoisotopic (exact) mass is 412 g/mol. The lowest BCUT2D eigenvalue weighted by molar-refractivity contribution is -0.0161. The van der Waals surface area contributed by atoms with Crippen LogP contribution >= 0.6 is 0 Å². The molecule has 0 aliphatic carbocycles. The van der Waals surface area contributed by atoms with Gasteiger partial charge in [0.05, 0.1) is 39.1 Å². The molecule has 2 aliphatic heterocycles. The molecule has 4 rings (SSSR count). The zero-order chi connectivity index (χ0) is 21.1. The molecule has 0 saturated carbocycles. The van der Waals surface area contributed by atoms with E-state index in [9.17, 15) is 9.59 Å². The largest absolute Gasteiger partial charge is 0.497 e. The van der Waals surface area contributed by atoms with Gasteiger partial charge in [-0.05, 0) is 48.5 Å². The average Bonchev–Trinajstić information content (AvgIpc) is 3.37. The Labute approximate surface area is 174 Å². The van der Waals surface area contributed by atoms with Gasteiger partial charge in [-0.25, -0.2) is 4.79 Å². The van der Waals surface area contributed by atoms with Crippen molar-refractivity contribution in [2.45, 2.75) is 24.7 Å². The molecule has 2 unspecified atom stereocenters. The summed E-state index contributed by atoms with van der Waals surface area (Å²) in [6, 6.07) is 13.8. The molecule has 0 amide bonds. The Kier molecular flexibility index (Phi) is 6.01. The number of carbonyl (C=O) groups is 2. The molecular weight excluding hydrogens is 388 g/mol. The van der Waals surface area contributed by atoms with Crippen LogP contribution in [0, 0.1) is 5.92 Å². The van der Waals surface area contributed by atoms with E-state index in [4.69, 9.17) is 23.7 Å². The van der Waals surface area contributed by atoms with Crippen LogP contribution in [0.25, 0.3) is 0 Å². The molecule has 2 aliphatic rings. The van der Waals surface area contributed by atoms with Gasteiger partial charge < -0.3 is 23.7 Å². The van der Waals surface area contributed by atoms with Gasteiger partial charge in [0.2, 0.25) is 0 Å². The Balaban J connectivity index is 1.34. The number of rotatable bonds is 7. The molecule has 2 saturated heterocycles. The van der Waals surface area contributed by atoms with Gasteiger partial charge >= 0.3 is 5.97 Å².